The molecule has 0 fully saturated rings. The van der Waals surface area contributed by atoms with Gasteiger partial charge in [-0.3, -0.25) is 0 Å². The van der Waals surface area contributed by atoms with Gasteiger partial charge in [0, 0.05) is 18.2 Å². The van der Waals surface area contributed by atoms with Crippen LogP contribution in [-0.4, -0.2) is 14.5 Å². The molecule has 0 saturated heterocycles. The molecule has 0 bridgehead atoms. The van der Waals surface area contributed by atoms with E-state index in [-0.39, 0.29) is 5.41 Å². The number of aromatic nitrogens is 3. The Balaban J connectivity index is 2.75. The molecule has 0 aliphatic heterocycles. The average molecular weight is 203 g/mol. The van der Waals surface area contributed by atoms with Gasteiger partial charge in [0.1, 0.15) is 5.52 Å². The predicted octanol–water partition coefficient (Wildman–Crippen LogP) is 2.57. The molecule has 0 saturated carbocycles. The van der Waals surface area contributed by atoms with Crippen LogP contribution in [0.4, 0.5) is 0 Å². The lowest BCUT2D eigenvalue weighted by Gasteiger charge is -2.19. The number of hydrogen-bond acceptors (Lipinski definition) is 2. The SMILES string of the molecule is Cc1cnc2c(cc(C(C)(C)C)n2C)n1. The Morgan fingerprint density at radius 1 is 1.27 bits per heavy atom. The summed E-state index contributed by atoms with van der Waals surface area (Å²) >= 11 is 0. The maximum absolute atomic E-state index is 4.49. The van der Waals surface area contributed by atoms with E-state index in [1.54, 1.807) is 0 Å². The van der Waals surface area contributed by atoms with Gasteiger partial charge in [-0.15, -0.1) is 0 Å². The fraction of sp³-hybridized carbons (Fsp3) is 0.500. The smallest absolute Gasteiger partial charge is 0.158 e. The van der Waals surface area contributed by atoms with Crippen LogP contribution in [0.5, 0.6) is 0 Å². The highest BCUT2D eigenvalue weighted by Crippen LogP contribution is 2.26. The molecule has 2 heterocycles. The van der Waals surface area contributed by atoms with E-state index >= 15 is 0 Å². The Morgan fingerprint density at radius 2 is 1.93 bits per heavy atom. The highest BCUT2D eigenvalue weighted by atomic mass is 15.0. The molecule has 0 atom stereocenters. The molecule has 2 aromatic heterocycles. The third-order valence-corrected chi connectivity index (χ3v) is 2.62. The van der Waals surface area contributed by atoms with Crippen molar-refractivity contribution in [3.05, 3.63) is 23.7 Å². The number of aryl methyl sites for hydroxylation is 2. The van der Waals surface area contributed by atoms with Gasteiger partial charge in [-0.05, 0) is 13.0 Å². The topological polar surface area (TPSA) is 30.7 Å². The summed E-state index contributed by atoms with van der Waals surface area (Å²) in [4.78, 5) is 8.90. The van der Waals surface area contributed by atoms with Crippen molar-refractivity contribution in [2.75, 3.05) is 0 Å². The number of fused-ring (bicyclic) bond motifs is 1. The second-order valence-corrected chi connectivity index (χ2v) is 5.06. The highest BCUT2D eigenvalue weighted by molar-refractivity contribution is 5.73. The molecule has 2 rings (SSSR count). The lowest BCUT2D eigenvalue weighted by atomic mass is 9.92. The summed E-state index contributed by atoms with van der Waals surface area (Å²) < 4.78 is 2.13. The Hall–Kier alpha value is -1.38. The van der Waals surface area contributed by atoms with Crippen molar-refractivity contribution in [2.24, 2.45) is 7.05 Å². The van der Waals surface area contributed by atoms with Gasteiger partial charge < -0.3 is 4.57 Å². The Bertz CT molecular complexity index is 503. The zero-order valence-corrected chi connectivity index (χ0v) is 10.00. The van der Waals surface area contributed by atoms with E-state index in [2.05, 4.69) is 41.4 Å². The van der Waals surface area contributed by atoms with E-state index in [0.29, 0.717) is 0 Å². The first kappa shape index (κ1) is 10.1. The maximum Gasteiger partial charge on any atom is 0.158 e. The van der Waals surface area contributed by atoms with Gasteiger partial charge in [-0.25, -0.2) is 9.97 Å². The minimum Gasteiger partial charge on any atom is -0.331 e. The molecule has 3 heteroatoms. The fourth-order valence-corrected chi connectivity index (χ4v) is 1.90. The molecule has 0 aliphatic rings. The number of rotatable bonds is 0. The van der Waals surface area contributed by atoms with Crippen molar-refractivity contribution >= 4 is 11.2 Å². The largest absolute Gasteiger partial charge is 0.331 e. The highest BCUT2D eigenvalue weighted by Gasteiger charge is 2.20. The van der Waals surface area contributed by atoms with E-state index in [1.807, 2.05) is 20.2 Å². The van der Waals surface area contributed by atoms with E-state index in [0.717, 1.165) is 16.9 Å². The lowest BCUT2D eigenvalue weighted by Crippen LogP contribution is -2.15. The van der Waals surface area contributed by atoms with Gasteiger partial charge in [0.2, 0.25) is 0 Å². The van der Waals surface area contributed by atoms with Crippen LogP contribution in [0.1, 0.15) is 32.2 Å². The van der Waals surface area contributed by atoms with Crippen molar-refractivity contribution in [1.82, 2.24) is 14.5 Å². The van der Waals surface area contributed by atoms with E-state index < -0.39 is 0 Å². The van der Waals surface area contributed by atoms with Crippen molar-refractivity contribution in [1.29, 1.82) is 0 Å². The third kappa shape index (κ3) is 1.62. The van der Waals surface area contributed by atoms with Crippen LogP contribution in [-0.2, 0) is 12.5 Å². The summed E-state index contributed by atoms with van der Waals surface area (Å²) in [6.07, 6.45) is 1.81. The lowest BCUT2D eigenvalue weighted by molar-refractivity contribution is 0.546. The standard InChI is InChI=1S/C12H17N3/c1-8-7-13-11-9(14-8)6-10(15(11)5)12(2,3)4/h6-7H,1-5H3. The van der Waals surface area contributed by atoms with Crippen LogP contribution in [0.25, 0.3) is 11.2 Å². The zero-order valence-electron chi connectivity index (χ0n) is 10.00. The first-order valence-electron chi connectivity index (χ1n) is 5.19. The minimum atomic E-state index is 0.130. The van der Waals surface area contributed by atoms with Crippen molar-refractivity contribution < 1.29 is 0 Å². The summed E-state index contributed by atoms with van der Waals surface area (Å²) in [6, 6.07) is 2.13. The van der Waals surface area contributed by atoms with Crippen molar-refractivity contribution in [2.45, 2.75) is 33.1 Å². The number of hydrogen-bond donors (Lipinski definition) is 0. The zero-order chi connectivity index (χ0) is 11.2. The molecule has 0 unspecified atom stereocenters. The molecule has 0 aliphatic carbocycles. The molecule has 0 N–H and O–H groups in total. The van der Waals surface area contributed by atoms with Crippen LogP contribution >= 0.6 is 0 Å². The van der Waals surface area contributed by atoms with Crippen molar-refractivity contribution in [3.63, 3.8) is 0 Å². The Morgan fingerprint density at radius 3 is 2.53 bits per heavy atom. The quantitative estimate of drug-likeness (QED) is 0.659. The monoisotopic (exact) mass is 203 g/mol. The summed E-state index contributed by atoms with van der Waals surface area (Å²) in [5.41, 5.74) is 4.31. The Labute approximate surface area is 90.2 Å². The van der Waals surface area contributed by atoms with Crippen molar-refractivity contribution in [3.8, 4) is 0 Å². The molecule has 15 heavy (non-hydrogen) atoms. The van der Waals surface area contributed by atoms with Gasteiger partial charge in [0.15, 0.2) is 5.65 Å². The first-order valence-corrected chi connectivity index (χ1v) is 5.19. The molecule has 0 aromatic carbocycles. The van der Waals surface area contributed by atoms with Gasteiger partial charge in [-0.1, -0.05) is 20.8 Å². The van der Waals surface area contributed by atoms with E-state index in [9.17, 15) is 0 Å². The normalized spacial score (nSPS) is 12.3. The average Bonchev–Trinajstić information content (AvgIpc) is 2.42. The van der Waals surface area contributed by atoms with Gasteiger partial charge in [0.25, 0.3) is 0 Å². The molecule has 80 valence electrons. The van der Waals surface area contributed by atoms with Crippen LogP contribution in [0.3, 0.4) is 0 Å². The summed E-state index contributed by atoms with van der Waals surface area (Å²) in [5.74, 6) is 0. The van der Waals surface area contributed by atoms with Crippen LogP contribution in [0.2, 0.25) is 0 Å². The third-order valence-electron chi connectivity index (χ3n) is 2.62. The van der Waals surface area contributed by atoms with Crippen LogP contribution < -0.4 is 0 Å². The molecular formula is C12H17N3. The number of nitrogens with zero attached hydrogens (tertiary/aromatic N) is 3. The first-order chi connectivity index (χ1) is 6.89. The molecule has 0 amide bonds. The molecular weight excluding hydrogens is 186 g/mol. The summed E-state index contributed by atoms with van der Waals surface area (Å²) in [7, 11) is 2.05. The van der Waals surface area contributed by atoms with Gasteiger partial charge in [-0.2, -0.15) is 0 Å². The predicted molar refractivity (Wildman–Crippen MR) is 61.9 cm³/mol. The molecule has 0 radical (unpaired) electrons. The summed E-state index contributed by atoms with van der Waals surface area (Å²) in [5, 5.41) is 0. The Kier molecular flexibility index (Phi) is 2.07. The minimum absolute atomic E-state index is 0.130. The van der Waals surface area contributed by atoms with E-state index in [4.69, 9.17) is 0 Å². The molecule has 2 aromatic rings. The van der Waals surface area contributed by atoms with Crippen LogP contribution in [0.15, 0.2) is 12.3 Å². The second kappa shape index (κ2) is 3.05. The molecule has 3 nitrogen and oxygen atoms in total. The summed E-state index contributed by atoms with van der Waals surface area (Å²) in [6.45, 7) is 8.58. The van der Waals surface area contributed by atoms with Crippen LogP contribution in [0, 0.1) is 6.92 Å². The van der Waals surface area contributed by atoms with Gasteiger partial charge in [0.05, 0.1) is 11.9 Å². The van der Waals surface area contributed by atoms with E-state index in [1.165, 1.54) is 5.69 Å². The van der Waals surface area contributed by atoms with Gasteiger partial charge >= 0.3 is 0 Å². The molecule has 0 spiro atoms. The maximum atomic E-state index is 4.49. The fourth-order valence-electron chi connectivity index (χ4n) is 1.90. The second-order valence-electron chi connectivity index (χ2n) is 5.06.